The molecule has 1 unspecified atom stereocenters. The van der Waals surface area contributed by atoms with Crippen LogP contribution in [-0.4, -0.2) is 50.4 Å². The smallest absolute Gasteiger partial charge is 0.292 e. The number of carbonyl (C=O) groups excluding carboxylic acids is 2. The molecular weight excluding hydrogens is 394 g/mol. The first-order valence-corrected chi connectivity index (χ1v) is 9.86. The quantitative estimate of drug-likeness (QED) is 0.592. The molecule has 29 heavy (non-hydrogen) atoms. The summed E-state index contributed by atoms with van der Waals surface area (Å²) in [6.45, 7) is 3.92. The van der Waals surface area contributed by atoms with Gasteiger partial charge in [0.1, 0.15) is 0 Å². The summed E-state index contributed by atoms with van der Waals surface area (Å²) in [7, 11) is -0.137. The minimum atomic E-state index is -1.45. The average molecular weight is 417 g/mol. The predicted octanol–water partition coefficient (Wildman–Crippen LogP) is 1.82. The number of aliphatic hydroxyl groups is 1. The number of fused-ring (bicyclic) bond motifs is 1. The molecule has 2 atom stereocenters. The summed E-state index contributed by atoms with van der Waals surface area (Å²) < 4.78 is 18.2. The third-order valence-electron chi connectivity index (χ3n) is 3.95. The van der Waals surface area contributed by atoms with Crippen molar-refractivity contribution in [3.8, 4) is 0 Å². The van der Waals surface area contributed by atoms with Gasteiger partial charge < -0.3 is 15.2 Å². The lowest BCUT2D eigenvalue weighted by Crippen LogP contribution is -2.35. The topological polar surface area (TPSA) is 111 Å². The lowest BCUT2D eigenvalue weighted by molar-refractivity contribution is -0.126. The number of nitrogens with one attached hydrogen (secondary N) is 1. The highest BCUT2D eigenvalue weighted by atomic mass is 32.2. The van der Waals surface area contributed by atoms with E-state index >= 15 is 0 Å². The number of ether oxygens (including phenoxy) is 1. The van der Waals surface area contributed by atoms with E-state index in [1.165, 1.54) is 13.3 Å². The number of amides is 1. The van der Waals surface area contributed by atoms with Gasteiger partial charge in [-0.1, -0.05) is 17.7 Å². The largest absolute Gasteiger partial charge is 0.471 e. The molecule has 2 aromatic heterocycles. The third-order valence-corrected chi connectivity index (χ3v) is 5.28. The first-order valence-electron chi connectivity index (χ1n) is 8.76. The average Bonchev–Trinajstić information content (AvgIpc) is 3.18. The first-order chi connectivity index (χ1) is 13.9. The molecule has 0 aliphatic carbocycles. The van der Waals surface area contributed by atoms with Crippen molar-refractivity contribution >= 4 is 34.4 Å². The molecule has 2 heterocycles. The number of carbonyl (C=O) groups is 2. The summed E-state index contributed by atoms with van der Waals surface area (Å²) in [6.07, 6.45) is 3.18. The van der Waals surface area contributed by atoms with Crippen molar-refractivity contribution in [3.05, 3.63) is 59.9 Å². The number of aromatic nitrogens is 2. The number of pyridine rings is 1. The molecule has 0 saturated heterocycles. The molecule has 3 rings (SSSR count). The van der Waals surface area contributed by atoms with Crippen LogP contribution < -0.4 is 5.32 Å². The second-order valence-corrected chi connectivity index (χ2v) is 7.55. The van der Waals surface area contributed by atoms with Crippen LogP contribution in [0.2, 0.25) is 0 Å². The SMILES string of the molecule is COC=O.Cc1ccc(S(=O)n2ccc3c(C(=O)N[C@H](C)CO)ccnc32)cc1. The van der Waals surface area contributed by atoms with E-state index in [0.717, 1.165) is 5.56 Å². The zero-order chi connectivity index (χ0) is 21.4. The molecule has 2 N–H and O–H groups in total. The Kier molecular flexibility index (Phi) is 8.05. The highest BCUT2D eigenvalue weighted by molar-refractivity contribution is 7.83. The molecule has 154 valence electrons. The van der Waals surface area contributed by atoms with Crippen molar-refractivity contribution in [2.45, 2.75) is 24.8 Å². The maximum absolute atomic E-state index is 12.8. The minimum absolute atomic E-state index is 0.140. The highest BCUT2D eigenvalue weighted by Gasteiger charge is 2.17. The Morgan fingerprint density at radius 1 is 1.31 bits per heavy atom. The maximum Gasteiger partial charge on any atom is 0.292 e. The van der Waals surface area contributed by atoms with Crippen molar-refractivity contribution in [2.75, 3.05) is 13.7 Å². The molecular formula is C20H23N3O5S. The van der Waals surface area contributed by atoms with Gasteiger partial charge in [-0.3, -0.25) is 9.59 Å². The summed E-state index contributed by atoms with van der Waals surface area (Å²) in [5, 5.41) is 12.4. The van der Waals surface area contributed by atoms with Gasteiger partial charge in [0.05, 0.1) is 24.2 Å². The van der Waals surface area contributed by atoms with E-state index in [1.807, 2.05) is 31.2 Å². The Morgan fingerprint density at radius 2 is 1.97 bits per heavy atom. The van der Waals surface area contributed by atoms with Gasteiger partial charge in [-0.25, -0.2) is 13.2 Å². The van der Waals surface area contributed by atoms with E-state index in [4.69, 9.17) is 9.90 Å². The number of hydrogen-bond donors (Lipinski definition) is 2. The number of rotatable bonds is 6. The van der Waals surface area contributed by atoms with Gasteiger partial charge in [0.25, 0.3) is 12.4 Å². The van der Waals surface area contributed by atoms with Crippen LogP contribution in [0.1, 0.15) is 22.8 Å². The molecule has 1 amide bonds. The number of aryl methyl sites for hydroxylation is 1. The van der Waals surface area contributed by atoms with Crippen molar-refractivity contribution in [2.24, 2.45) is 0 Å². The van der Waals surface area contributed by atoms with Gasteiger partial charge in [0, 0.05) is 23.8 Å². The highest BCUT2D eigenvalue weighted by Crippen LogP contribution is 2.21. The lowest BCUT2D eigenvalue weighted by Gasteiger charge is -2.11. The van der Waals surface area contributed by atoms with Crippen LogP contribution in [0, 0.1) is 6.92 Å². The van der Waals surface area contributed by atoms with Crippen LogP contribution in [0.5, 0.6) is 0 Å². The van der Waals surface area contributed by atoms with E-state index in [1.54, 1.807) is 29.2 Å². The monoisotopic (exact) mass is 417 g/mol. The second kappa shape index (κ2) is 10.5. The van der Waals surface area contributed by atoms with Crippen LogP contribution in [0.15, 0.2) is 53.7 Å². The molecule has 0 saturated carbocycles. The van der Waals surface area contributed by atoms with E-state index in [0.29, 0.717) is 28.0 Å². The van der Waals surface area contributed by atoms with Crippen LogP contribution in [-0.2, 0) is 20.5 Å². The molecule has 0 aliphatic rings. The van der Waals surface area contributed by atoms with Crippen LogP contribution in [0.25, 0.3) is 11.0 Å². The zero-order valence-electron chi connectivity index (χ0n) is 16.4. The second-order valence-electron chi connectivity index (χ2n) is 6.19. The van der Waals surface area contributed by atoms with E-state index in [-0.39, 0.29) is 18.6 Å². The summed E-state index contributed by atoms with van der Waals surface area (Å²) in [5.74, 6) is -0.298. The van der Waals surface area contributed by atoms with Crippen molar-refractivity contribution in [3.63, 3.8) is 0 Å². The minimum Gasteiger partial charge on any atom is -0.471 e. The van der Waals surface area contributed by atoms with Crippen molar-refractivity contribution in [1.29, 1.82) is 0 Å². The third kappa shape index (κ3) is 5.49. The molecule has 0 fully saturated rings. The molecule has 0 spiro atoms. The van der Waals surface area contributed by atoms with Crippen molar-refractivity contribution in [1.82, 2.24) is 14.3 Å². The fourth-order valence-electron chi connectivity index (χ4n) is 2.46. The van der Waals surface area contributed by atoms with E-state index < -0.39 is 11.0 Å². The summed E-state index contributed by atoms with van der Waals surface area (Å²) in [4.78, 5) is 26.3. The van der Waals surface area contributed by atoms with E-state index in [2.05, 4.69) is 15.0 Å². The number of hydrogen-bond acceptors (Lipinski definition) is 6. The predicted molar refractivity (Wildman–Crippen MR) is 110 cm³/mol. The Morgan fingerprint density at radius 3 is 2.55 bits per heavy atom. The maximum atomic E-state index is 12.8. The number of methoxy groups -OCH3 is 1. The summed E-state index contributed by atoms with van der Waals surface area (Å²) in [6, 6.07) is 10.4. The Hall–Kier alpha value is -3.04. The lowest BCUT2D eigenvalue weighted by atomic mass is 10.1. The van der Waals surface area contributed by atoms with E-state index in [9.17, 15) is 9.00 Å². The number of aliphatic hydroxyl groups excluding tert-OH is 1. The summed E-state index contributed by atoms with van der Waals surface area (Å²) in [5.41, 5.74) is 2.00. The van der Waals surface area contributed by atoms with Gasteiger partial charge in [-0.15, -0.1) is 0 Å². The molecule has 0 bridgehead atoms. The first kappa shape index (κ1) is 22.3. The molecule has 3 aromatic rings. The Balaban J connectivity index is 0.000000687. The molecule has 1 aromatic carbocycles. The normalized spacial score (nSPS) is 12.4. The zero-order valence-corrected chi connectivity index (χ0v) is 17.2. The van der Waals surface area contributed by atoms with Gasteiger partial charge in [0.2, 0.25) is 0 Å². The number of benzene rings is 1. The molecule has 8 nitrogen and oxygen atoms in total. The molecule has 9 heteroatoms. The van der Waals surface area contributed by atoms with Crippen LogP contribution >= 0.6 is 0 Å². The van der Waals surface area contributed by atoms with Crippen LogP contribution in [0.3, 0.4) is 0 Å². The Labute approximate surface area is 171 Å². The molecule has 0 radical (unpaired) electrons. The number of nitrogens with zero attached hydrogens (tertiary/aromatic N) is 2. The summed E-state index contributed by atoms with van der Waals surface area (Å²) >= 11 is 0. The fraction of sp³-hybridized carbons (Fsp3) is 0.250. The standard InChI is InChI=1S/C18H19N3O3S.C2H4O2/c1-12-3-5-14(6-4-12)25(24)21-10-8-15-16(7-9-19-17(15)21)18(23)20-13(2)11-22;1-4-2-3/h3-10,13,22H,11H2,1-2H3,(H,20,23);2H,1H3/t13-,25?;/m1./s1. The van der Waals surface area contributed by atoms with Crippen LogP contribution in [0.4, 0.5) is 0 Å². The van der Waals surface area contributed by atoms with Gasteiger partial charge in [-0.05, 0) is 38.1 Å². The van der Waals surface area contributed by atoms with Crippen molar-refractivity contribution < 1.29 is 23.6 Å². The van der Waals surface area contributed by atoms with Gasteiger partial charge >= 0.3 is 0 Å². The Bertz CT molecular complexity index is 1000. The molecule has 0 aliphatic heterocycles. The fourth-order valence-corrected chi connectivity index (χ4v) is 3.53. The van der Waals surface area contributed by atoms with Gasteiger partial charge in [0.15, 0.2) is 16.6 Å². The van der Waals surface area contributed by atoms with Gasteiger partial charge in [-0.2, -0.15) is 0 Å².